The molecule has 2 fully saturated rings. The summed E-state index contributed by atoms with van der Waals surface area (Å²) in [7, 11) is -7.48. The summed E-state index contributed by atoms with van der Waals surface area (Å²) >= 11 is 0. The molecule has 25 heteroatoms. The number of fused-ring (bicyclic) bond motifs is 2. The lowest BCUT2D eigenvalue weighted by Crippen LogP contribution is -2.47. The monoisotopic (exact) mass is 1510 g/mol. The number of alkyl carbamates (subject to hydrolysis) is 2. The molecule has 0 aliphatic heterocycles. The number of sulfonamides is 2. The maximum Gasteiger partial charge on any atom is 0.408 e. The minimum absolute atomic E-state index is 0.000651. The SMILES string of the molecule is CC(C)[C@H](NC(=O)OC(C)(C)C)C(=O)O.CC(C)[C@H](NC(=O)OC(C)(C)C)C(=O)OCc1ccc(C2=Cc3ccc(S(=O)(=O)NC4CCC(C(=O)N[C@H](C)c5ccc(F)cc5)CC4)cc3C2)cc1.C[C@@H](NC(=O)C1CCC(NS(=O)(=O)c2ccc3c(c2)CC(c2ccc(CO)cc2)=C3)CC1)c1ccc(F)cc1. The number of carboxylic acids is 1. The van der Waals surface area contributed by atoms with Crippen molar-refractivity contribution in [3.63, 3.8) is 0 Å². The zero-order valence-electron chi connectivity index (χ0n) is 62.9. The normalized spacial score (nSPS) is 18.2. The number of aliphatic carboxylic acids is 1. The molecule has 0 aromatic heterocycles. The molecule has 4 atom stereocenters. The third-order valence-electron chi connectivity index (χ3n) is 19.0. The Labute approximate surface area is 627 Å². The Kier molecular flexibility index (Phi) is 28.6. The van der Waals surface area contributed by atoms with Crippen LogP contribution in [0.25, 0.3) is 23.3 Å². The first kappa shape index (κ1) is 83.5. The fourth-order valence-corrected chi connectivity index (χ4v) is 15.7. The van der Waals surface area contributed by atoms with E-state index in [4.69, 9.17) is 19.3 Å². The van der Waals surface area contributed by atoms with Crippen molar-refractivity contribution < 1.29 is 78.8 Å². The highest BCUT2D eigenvalue weighted by atomic mass is 32.2. The first-order valence-electron chi connectivity index (χ1n) is 36.3. The summed E-state index contributed by atoms with van der Waals surface area (Å²) in [6.07, 6.45) is 8.56. The van der Waals surface area contributed by atoms with E-state index in [1.807, 2.05) is 94.4 Å². The summed E-state index contributed by atoms with van der Waals surface area (Å²) in [4.78, 5) is 73.3. The molecule has 6 aromatic carbocycles. The molecule has 21 nitrogen and oxygen atoms in total. The van der Waals surface area contributed by atoms with E-state index in [0.29, 0.717) is 64.2 Å². The molecular weight excluding hydrogens is 1410 g/mol. The van der Waals surface area contributed by atoms with E-state index in [9.17, 15) is 59.5 Å². The number of hydrogen-bond donors (Lipinski definition) is 8. The molecule has 4 aliphatic carbocycles. The van der Waals surface area contributed by atoms with Crippen molar-refractivity contribution in [2.24, 2.45) is 23.7 Å². The van der Waals surface area contributed by atoms with Crippen LogP contribution in [-0.4, -0.2) is 98.4 Å². The Balaban J connectivity index is 0.000000233. The van der Waals surface area contributed by atoms with Crippen LogP contribution in [0.15, 0.2) is 143 Å². The van der Waals surface area contributed by atoms with Gasteiger partial charge in [-0.25, -0.2) is 54.2 Å². The molecule has 0 bridgehead atoms. The number of amides is 4. The smallest absolute Gasteiger partial charge is 0.408 e. The van der Waals surface area contributed by atoms with Crippen LogP contribution in [0.2, 0.25) is 0 Å². The van der Waals surface area contributed by atoms with E-state index >= 15 is 0 Å². The third kappa shape index (κ3) is 24.7. The van der Waals surface area contributed by atoms with Gasteiger partial charge in [0.15, 0.2) is 0 Å². The number of aliphatic hydroxyl groups excluding tert-OH is 1. The maximum atomic E-state index is 13.4. The van der Waals surface area contributed by atoms with E-state index < -0.39 is 67.5 Å². The van der Waals surface area contributed by atoms with Gasteiger partial charge in [0.25, 0.3) is 0 Å². The van der Waals surface area contributed by atoms with Crippen LogP contribution in [0.4, 0.5) is 18.4 Å². The van der Waals surface area contributed by atoms with Crippen LogP contribution >= 0.6 is 0 Å². The highest BCUT2D eigenvalue weighted by molar-refractivity contribution is 7.89. The Bertz CT molecular complexity index is 4410. The first-order valence-corrected chi connectivity index (χ1v) is 39.3. The quantitative estimate of drug-likeness (QED) is 0.0218. The third-order valence-corrected chi connectivity index (χ3v) is 22.0. The van der Waals surface area contributed by atoms with Gasteiger partial charge in [0.2, 0.25) is 31.9 Å². The zero-order valence-corrected chi connectivity index (χ0v) is 64.5. The topological polar surface area (TPSA) is 311 Å². The van der Waals surface area contributed by atoms with Gasteiger partial charge in [-0.2, -0.15) is 0 Å². The van der Waals surface area contributed by atoms with Crippen LogP contribution in [0.1, 0.15) is 202 Å². The second-order valence-electron chi connectivity index (χ2n) is 30.6. The summed E-state index contributed by atoms with van der Waals surface area (Å²) in [5.41, 5.74) is 10.00. The highest BCUT2D eigenvalue weighted by Crippen LogP contribution is 2.37. The number of rotatable bonds is 23. The fraction of sp³-hybridized carbons (Fsp3) is 0.439. The lowest BCUT2D eigenvalue weighted by molar-refractivity contribution is -0.148. The summed E-state index contributed by atoms with van der Waals surface area (Å²) < 4.78 is 101. The number of hydrogen-bond acceptors (Lipinski definition) is 14. The van der Waals surface area contributed by atoms with E-state index in [1.54, 1.807) is 104 Å². The van der Waals surface area contributed by atoms with Crippen LogP contribution in [0.3, 0.4) is 0 Å². The highest BCUT2D eigenvalue weighted by Gasteiger charge is 2.34. The molecule has 4 aliphatic rings. The number of halogens is 2. The van der Waals surface area contributed by atoms with Crippen LogP contribution in [-0.2, 0) is 79.5 Å². The van der Waals surface area contributed by atoms with Crippen molar-refractivity contribution in [1.29, 1.82) is 0 Å². The van der Waals surface area contributed by atoms with E-state index in [2.05, 4.69) is 36.8 Å². The van der Waals surface area contributed by atoms with Crippen molar-refractivity contribution in [2.45, 2.75) is 218 Å². The molecule has 4 amide bonds. The van der Waals surface area contributed by atoms with Gasteiger partial charge >= 0.3 is 24.1 Å². The second-order valence-corrected chi connectivity index (χ2v) is 34.0. The van der Waals surface area contributed by atoms with Gasteiger partial charge in [0, 0.05) is 23.9 Å². The molecule has 2 saturated carbocycles. The fourth-order valence-electron chi connectivity index (χ4n) is 13.0. The molecule has 8 N–H and O–H groups in total. The van der Waals surface area contributed by atoms with E-state index in [0.717, 1.165) is 66.8 Å². The molecule has 0 saturated heterocycles. The van der Waals surface area contributed by atoms with Crippen molar-refractivity contribution in [1.82, 2.24) is 30.7 Å². The van der Waals surface area contributed by atoms with E-state index in [-0.39, 0.29) is 94.3 Å². The van der Waals surface area contributed by atoms with Gasteiger partial charge in [0.1, 0.15) is 41.5 Å². The number of ether oxygens (including phenoxy) is 3. The van der Waals surface area contributed by atoms with Crippen LogP contribution in [0.5, 0.6) is 0 Å². The summed E-state index contributed by atoms with van der Waals surface area (Å²) in [5.74, 6) is -3.16. The predicted octanol–water partition coefficient (Wildman–Crippen LogP) is 14.0. The van der Waals surface area contributed by atoms with Crippen molar-refractivity contribution >= 4 is 79.3 Å². The predicted molar refractivity (Wildman–Crippen MR) is 406 cm³/mol. The molecular formula is C82H102F2N6O15S2. The van der Waals surface area contributed by atoms with Gasteiger partial charge in [0.05, 0.1) is 28.5 Å². The minimum Gasteiger partial charge on any atom is -0.480 e. The minimum atomic E-state index is -3.78. The largest absolute Gasteiger partial charge is 0.480 e. The molecule has 10 rings (SSSR count). The van der Waals surface area contributed by atoms with Crippen molar-refractivity contribution in [3.8, 4) is 0 Å². The van der Waals surface area contributed by atoms with Gasteiger partial charge in [-0.3, -0.25) is 9.59 Å². The molecule has 0 spiro atoms. The number of aliphatic hydroxyl groups is 1. The summed E-state index contributed by atoms with van der Waals surface area (Å²) in [6.45, 7) is 21.2. The number of esters is 1. The Morgan fingerprint density at radius 2 is 0.850 bits per heavy atom. The molecule has 576 valence electrons. The van der Waals surface area contributed by atoms with Crippen molar-refractivity contribution in [2.75, 3.05) is 0 Å². The van der Waals surface area contributed by atoms with Gasteiger partial charge in [-0.05, 0) is 247 Å². The van der Waals surface area contributed by atoms with Gasteiger partial charge in [-0.1, -0.05) is 125 Å². The lowest BCUT2D eigenvalue weighted by Gasteiger charge is -2.29. The number of allylic oxidation sites excluding steroid dienone is 2. The Hall–Kier alpha value is -9.14. The maximum absolute atomic E-state index is 13.4. The number of nitrogens with one attached hydrogen (secondary N) is 6. The standard InChI is InChI=1S/C41H50FN3O7S.C31H33FN2O4S.C10H19NO4/c1-25(2)37(44-40(48)52-41(4,5)6)39(47)51-24-27-7-9-29(10-8-27)32-21-31-15-20-36(23-33(31)22-32)53(49,50)45-35-18-13-30(14-19-35)38(46)43-26(3)28-11-16-34(42)17-12-28;1-20(22-6-11-28(32)12-7-22)33-31(36)24-8-13-29(14-9-24)34-39(37,38)30-15-10-25-16-26(17-27(25)18-30)23-4-2-21(19-35)3-5-23;1-6(2)7(8(12)13)11-9(14)15-10(3,4)5/h7-12,15-17,20-21,23,25-26,30,35,37,45H,13-14,18-19,22,24H2,1-6H3,(H,43,46)(H,44,48);2-7,10-12,15-16,18,20,24,29,34-35H,8-9,13-14,17,19H2,1H3,(H,33,36);6-7H,1-5H3,(H,11,14)(H,12,13)/t26-,30?,35?,37+;20-,24?,29?;7-/m110/s1. The van der Waals surface area contributed by atoms with Crippen LogP contribution < -0.4 is 30.7 Å². The summed E-state index contributed by atoms with van der Waals surface area (Å²) in [5, 5.41) is 29.0. The molecule has 0 unspecified atom stereocenters. The number of carboxylic acid groups (broad SMARTS) is 1. The first-order chi connectivity index (χ1) is 50.3. The summed E-state index contributed by atoms with van der Waals surface area (Å²) in [6, 6.07) is 35.2. The zero-order chi connectivity index (χ0) is 78.3. The van der Waals surface area contributed by atoms with Gasteiger partial charge < -0.3 is 45.7 Å². The molecule has 6 aromatic rings. The second kappa shape index (κ2) is 36.6. The van der Waals surface area contributed by atoms with E-state index in [1.165, 1.54) is 24.3 Å². The number of benzene rings is 6. The Morgan fingerprint density at radius 3 is 1.20 bits per heavy atom. The lowest BCUT2D eigenvalue weighted by atomic mass is 9.85. The van der Waals surface area contributed by atoms with Crippen LogP contribution in [0, 0.1) is 35.3 Å². The van der Waals surface area contributed by atoms with Crippen molar-refractivity contribution in [3.05, 3.63) is 201 Å². The average molecular weight is 1510 g/mol. The molecule has 0 heterocycles. The average Bonchev–Trinajstić information content (AvgIpc) is 1.68. The van der Waals surface area contributed by atoms with Gasteiger partial charge in [-0.15, -0.1) is 0 Å². The Morgan fingerprint density at radius 1 is 0.486 bits per heavy atom. The number of carbonyl (C=O) groups excluding carboxylic acids is 5. The number of carbonyl (C=O) groups is 6. The molecule has 0 radical (unpaired) electrons. The molecule has 107 heavy (non-hydrogen) atoms.